The number of sulfone groups is 1. The molecule has 0 radical (unpaired) electrons. The van der Waals surface area contributed by atoms with Crippen LogP contribution < -0.4 is 0 Å². The minimum Gasteiger partial charge on any atom is -0.298 e. The lowest BCUT2D eigenvalue weighted by Gasteiger charge is -2.28. The predicted octanol–water partition coefficient (Wildman–Crippen LogP) is 2.77. The van der Waals surface area contributed by atoms with E-state index in [1.165, 1.54) is 5.56 Å². The van der Waals surface area contributed by atoms with Crippen LogP contribution in [0.25, 0.3) is 11.0 Å². The summed E-state index contributed by atoms with van der Waals surface area (Å²) in [5, 5.41) is 1.04. The standard InChI is InChI=1S/C20H21N3O2S/c1-15-7-8-16-13-17-14-23(10-9-19(17)22-20(16)21-15)11-12-26(24,25)18-5-3-2-4-6-18/h2-8,13H,9-12,14H2,1H3. The molecule has 0 atom stereocenters. The quantitative estimate of drug-likeness (QED) is 0.709. The van der Waals surface area contributed by atoms with Crippen LogP contribution in [0.3, 0.4) is 0 Å². The van der Waals surface area contributed by atoms with Crippen LogP contribution in [0, 0.1) is 6.92 Å². The minimum absolute atomic E-state index is 0.133. The summed E-state index contributed by atoms with van der Waals surface area (Å²) in [6, 6.07) is 14.8. The number of hydrogen-bond donors (Lipinski definition) is 0. The molecule has 0 N–H and O–H groups in total. The van der Waals surface area contributed by atoms with E-state index in [1.54, 1.807) is 24.3 Å². The predicted molar refractivity (Wildman–Crippen MR) is 102 cm³/mol. The summed E-state index contributed by atoms with van der Waals surface area (Å²) in [7, 11) is -3.24. The molecule has 3 heterocycles. The van der Waals surface area contributed by atoms with Gasteiger partial charge in [-0.2, -0.15) is 0 Å². The third-order valence-electron chi connectivity index (χ3n) is 4.82. The van der Waals surface area contributed by atoms with Gasteiger partial charge in [-0.1, -0.05) is 18.2 Å². The van der Waals surface area contributed by atoms with Crippen LogP contribution in [-0.2, 0) is 22.8 Å². The Balaban J connectivity index is 1.49. The minimum atomic E-state index is -3.24. The van der Waals surface area contributed by atoms with Gasteiger partial charge in [0.25, 0.3) is 0 Å². The fraction of sp³-hybridized carbons (Fsp3) is 0.300. The van der Waals surface area contributed by atoms with E-state index in [9.17, 15) is 8.42 Å². The normalized spacial score (nSPS) is 15.1. The maximum absolute atomic E-state index is 12.5. The van der Waals surface area contributed by atoms with Gasteiger partial charge in [-0.15, -0.1) is 0 Å². The van der Waals surface area contributed by atoms with E-state index in [0.717, 1.165) is 41.9 Å². The zero-order valence-electron chi connectivity index (χ0n) is 14.7. The van der Waals surface area contributed by atoms with Crippen LogP contribution >= 0.6 is 0 Å². The Morgan fingerprint density at radius 3 is 2.69 bits per heavy atom. The first-order chi connectivity index (χ1) is 12.5. The molecular weight excluding hydrogens is 346 g/mol. The molecule has 1 aliphatic heterocycles. The van der Waals surface area contributed by atoms with E-state index in [1.807, 2.05) is 25.1 Å². The summed E-state index contributed by atoms with van der Waals surface area (Å²) in [4.78, 5) is 11.8. The number of rotatable bonds is 4. The first-order valence-electron chi connectivity index (χ1n) is 8.78. The highest BCUT2D eigenvalue weighted by Crippen LogP contribution is 2.22. The number of fused-ring (bicyclic) bond motifs is 2. The van der Waals surface area contributed by atoms with Gasteiger partial charge in [-0.05, 0) is 42.8 Å². The average molecular weight is 367 g/mol. The molecule has 0 unspecified atom stereocenters. The molecule has 1 aromatic carbocycles. The summed E-state index contributed by atoms with van der Waals surface area (Å²) >= 11 is 0. The van der Waals surface area contributed by atoms with Crippen LogP contribution in [0.4, 0.5) is 0 Å². The first-order valence-corrected chi connectivity index (χ1v) is 10.4. The number of nitrogens with zero attached hydrogens (tertiary/aromatic N) is 3. The van der Waals surface area contributed by atoms with Gasteiger partial charge in [0.2, 0.25) is 0 Å². The summed E-state index contributed by atoms with van der Waals surface area (Å²) < 4.78 is 25.0. The van der Waals surface area contributed by atoms with Crippen molar-refractivity contribution in [1.29, 1.82) is 0 Å². The highest BCUT2D eigenvalue weighted by Gasteiger charge is 2.21. The van der Waals surface area contributed by atoms with Crippen LogP contribution in [-0.4, -0.2) is 42.1 Å². The molecule has 0 bridgehead atoms. The van der Waals surface area contributed by atoms with Crippen LogP contribution in [0.2, 0.25) is 0 Å². The summed E-state index contributed by atoms with van der Waals surface area (Å²) in [5.41, 5.74) is 4.02. The first kappa shape index (κ1) is 17.1. The lowest BCUT2D eigenvalue weighted by atomic mass is 10.0. The summed E-state index contributed by atoms with van der Waals surface area (Å²) in [6.07, 6.45) is 0.826. The van der Waals surface area contributed by atoms with Gasteiger partial charge in [0.15, 0.2) is 15.5 Å². The third kappa shape index (κ3) is 3.48. The molecule has 3 aromatic rings. The van der Waals surface area contributed by atoms with Gasteiger partial charge in [0.05, 0.1) is 10.6 Å². The molecule has 6 heteroatoms. The largest absolute Gasteiger partial charge is 0.298 e. The molecule has 134 valence electrons. The van der Waals surface area contributed by atoms with E-state index in [4.69, 9.17) is 4.98 Å². The van der Waals surface area contributed by atoms with E-state index in [0.29, 0.717) is 11.4 Å². The van der Waals surface area contributed by atoms with Gasteiger partial charge in [0.1, 0.15) is 0 Å². The second kappa shape index (κ2) is 6.78. The number of aromatic nitrogens is 2. The number of pyridine rings is 2. The maximum Gasteiger partial charge on any atom is 0.179 e. The van der Waals surface area contributed by atoms with E-state index in [2.05, 4.69) is 16.0 Å². The highest BCUT2D eigenvalue weighted by atomic mass is 32.2. The van der Waals surface area contributed by atoms with Crippen molar-refractivity contribution in [2.75, 3.05) is 18.8 Å². The van der Waals surface area contributed by atoms with Gasteiger partial charge >= 0.3 is 0 Å². The second-order valence-corrected chi connectivity index (χ2v) is 8.86. The fourth-order valence-corrected chi connectivity index (χ4v) is 4.66. The van der Waals surface area contributed by atoms with Crippen molar-refractivity contribution < 1.29 is 8.42 Å². The van der Waals surface area contributed by atoms with Gasteiger partial charge in [-0.25, -0.2) is 18.4 Å². The van der Waals surface area contributed by atoms with Crippen molar-refractivity contribution in [2.24, 2.45) is 0 Å². The maximum atomic E-state index is 12.5. The Morgan fingerprint density at radius 1 is 1.08 bits per heavy atom. The second-order valence-electron chi connectivity index (χ2n) is 6.75. The lowest BCUT2D eigenvalue weighted by Crippen LogP contribution is -2.34. The van der Waals surface area contributed by atoms with Crippen molar-refractivity contribution in [3.8, 4) is 0 Å². The molecule has 5 nitrogen and oxygen atoms in total. The van der Waals surface area contributed by atoms with Crippen molar-refractivity contribution in [3.05, 3.63) is 65.5 Å². The van der Waals surface area contributed by atoms with Crippen LogP contribution in [0.5, 0.6) is 0 Å². The number of hydrogen-bond acceptors (Lipinski definition) is 5. The molecule has 0 saturated carbocycles. The molecule has 0 amide bonds. The smallest absolute Gasteiger partial charge is 0.179 e. The van der Waals surface area contributed by atoms with Crippen molar-refractivity contribution in [1.82, 2.24) is 14.9 Å². The molecule has 0 fully saturated rings. The Morgan fingerprint density at radius 2 is 1.88 bits per heavy atom. The van der Waals surface area contributed by atoms with Gasteiger partial charge < -0.3 is 0 Å². The number of aryl methyl sites for hydroxylation is 1. The van der Waals surface area contributed by atoms with E-state index >= 15 is 0 Å². The van der Waals surface area contributed by atoms with Gasteiger partial charge in [-0.3, -0.25) is 4.90 Å². The van der Waals surface area contributed by atoms with E-state index < -0.39 is 9.84 Å². The van der Waals surface area contributed by atoms with Gasteiger partial charge in [0, 0.05) is 42.8 Å². The Labute approximate surface area is 153 Å². The summed E-state index contributed by atoms with van der Waals surface area (Å²) in [5.74, 6) is 0.133. The molecule has 0 spiro atoms. The molecular formula is C20H21N3O2S. The zero-order valence-corrected chi connectivity index (χ0v) is 15.5. The lowest BCUT2D eigenvalue weighted by molar-refractivity contribution is 0.267. The van der Waals surface area contributed by atoms with Crippen molar-refractivity contribution in [2.45, 2.75) is 24.8 Å². The molecule has 2 aromatic heterocycles. The SMILES string of the molecule is Cc1ccc2cc3c(nc2n1)CCN(CCS(=O)(=O)c1ccccc1)C3. The van der Waals surface area contributed by atoms with Crippen LogP contribution in [0.1, 0.15) is 17.0 Å². The topological polar surface area (TPSA) is 63.2 Å². The zero-order chi connectivity index (χ0) is 18.1. The molecule has 0 aliphatic carbocycles. The monoisotopic (exact) mass is 367 g/mol. The fourth-order valence-electron chi connectivity index (χ4n) is 3.35. The highest BCUT2D eigenvalue weighted by molar-refractivity contribution is 7.91. The molecule has 1 aliphatic rings. The molecule has 4 rings (SSSR count). The molecule has 26 heavy (non-hydrogen) atoms. The van der Waals surface area contributed by atoms with Crippen LogP contribution in [0.15, 0.2) is 53.4 Å². The number of benzene rings is 1. The Kier molecular flexibility index (Phi) is 4.46. The van der Waals surface area contributed by atoms with E-state index in [-0.39, 0.29) is 5.75 Å². The van der Waals surface area contributed by atoms with Crippen molar-refractivity contribution >= 4 is 20.9 Å². The Bertz CT molecular complexity index is 1050. The average Bonchev–Trinajstić information content (AvgIpc) is 2.65. The third-order valence-corrected chi connectivity index (χ3v) is 6.53. The molecule has 0 saturated heterocycles. The Hall–Kier alpha value is -2.31. The summed E-state index contributed by atoms with van der Waals surface area (Å²) in [6.45, 7) is 4.05. The van der Waals surface area contributed by atoms with Crippen molar-refractivity contribution in [3.63, 3.8) is 0 Å².